The highest BCUT2D eigenvalue weighted by atomic mass is 28.3. The maximum absolute atomic E-state index is 4.00. The topological polar surface area (TPSA) is 29.0 Å². The second-order valence-corrected chi connectivity index (χ2v) is 9.24. The summed E-state index contributed by atoms with van der Waals surface area (Å²) >= 11 is 0. The molecule has 0 bridgehead atoms. The van der Waals surface area contributed by atoms with Gasteiger partial charge in [0.25, 0.3) is 0 Å². The molecule has 0 saturated heterocycles. The van der Waals surface area contributed by atoms with Crippen molar-refractivity contribution >= 4 is 13.9 Å². The van der Waals surface area contributed by atoms with Crippen LogP contribution in [0.5, 0.6) is 0 Å². The van der Waals surface area contributed by atoms with Crippen LogP contribution >= 0.6 is 0 Å². The molecule has 4 heteroatoms. The van der Waals surface area contributed by atoms with Crippen molar-refractivity contribution in [2.45, 2.75) is 45.8 Å². The van der Waals surface area contributed by atoms with E-state index in [9.17, 15) is 0 Å². The number of aromatic nitrogens is 2. The molecule has 0 fully saturated rings. The zero-order chi connectivity index (χ0) is 12.0. The van der Waals surface area contributed by atoms with Crippen molar-refractivity contribution in [1.29, 1.82) is 0 Å². The van der Waals surface area contributed by atoms with Crippen LogP contribution in [0, 0.1) is 0 Å². The van der Waals surface area contributed by atoms with E-state index < -0.39 is 8.24 Å². The highest BCUT2D eigenvalue weighted by Crippen LogP contribution is 2.29. The summed E-state index contributed by atoms with van der Waals surface area (Å²) in [6.45, 7) is 10.3. The summed E-state index contributed by atoms with van der Waals surface area (Å²) in [5.74, 6) is 0. The molecule has 1 heterocycles. The molecule has 0 aromatic carbocycles. The average Bonchev–Trinajstić information content (AvgIpc) is 2.37. The first-order chi connectivity index (χ1) is 7.74. The molecule has 0 unspecified atom stereocenters. The molecule has 1 rings (SSSR count). The van der Waals surface area contributed by atoms with Crippen molar-refractivity contribution in [3.8, 4) is 0 Å². The van der Waals surface area contributed by atoms with Crippen LogP contribution < -0.4 is 4.57 Å². The number of rotatable bonds is 6. The highest BCUT2D eigenvalue weighted by Gasteiger charge is 2.34. The summed E-state index contributed by atoms with van der Waals surface area (Å²) in [7, 11) is -1.32. The fourth-order valence-corrected chi connectivity index (χ4v) is 6.55. The van der Waals surface area contributed by atoms with Crippen LogP contribution in [0.1, 0.15) is 27.7 Å². The third-order valence-corrected chi connectivity index (χ3v) is 9.41. The molecule has 1 aromatic heterocycles. The van der Waals surface area contributed by atoms with Gasteiger partial charge in [-0.1, -0.05) is 20.8 Å². The van der Waals surface area contributed by atoms with Gasteiger partial charge in [0.2, 0.25) is 0 Å². The summed E-state index contributed by atoms with van der Waals surface area (Å²) in [5, 5.41) is 7.86. The van der Waals surface area contributed by atoms with Gasteiger partial charge in [-0.15, -0.1) is 0 Å². The van der Waals surface area contributed by atoms with Crippen molar-refractivity contribution in [1.82, 2.24) is 10.2 Å². The lowest BCUT2D eigenvalue weighted by Gasteiger charge is -2.41. The Labute approximate surface area is 100.0 Å². The Hall–Kier alpha value is -0.903. The molecule has 0 aliphatic rings. The molecule has 0 saturated carbocycles. The van der Waals surface area contributed by atoms with Gasteiger partial charge in [0.05, 0.1) is 18.1 Å². The lowest BCUT2D eigenvalue weighted by atomic mass is 10.5. The van der Waals surface area contributed by atoms with E-state index in [4.69, 9.17) is 0 Å². The van der Waals surface area contributed by atoms with Gasteiger partial charge in [-0.2, -0.15) is 10.2 Å². The van der Waals surface area contributed by atoms with Gasteiger partial charge in [0, 0.05) is 6.54 Å². The van der Waals surface area contributed by atoms with Crippen molar-refractivity contribution in [2.75, 3.05) is 11.1 Å². The van der Waals surface area contributed by atoms with E-state index in [-0.39, 0.29) is 0 Å². The Kier molecular flexibility index (Phi) is 4.93. The second kappa shape index (κ2) is 5.99. The van der Waals surface area contributed by atoms with E-state index >= 15 is 0 Å². The maximum atomic E-state index is 4.00. The molecule has 1 aromatic rings. The zero-order valence-corrected chi connectivity index (χ0v) is 11.9. The first-order valence-corrected chi connectivity index (χ1v) is 8.85. The van der Waals surface area contributed by atoms with Crippen LogP contribution in [0.2, 0.25) is 18.1 Å². The first-order valence-electron chi connectivity index (χ1n) is 6.28. The summed E-state index contributed by atoms with van der Waals surface area (Å²) in [6, 6.07) is 5.99. The molecule has 0 radical (unpaired) electrons. The van der Waals surface area contributed by atoms with Crippen LogP contribution in [0.4, 0.5) is 5.69 Å². The van der Waals surface area contributed by atoms with Gasteiger partial charge >= 0.3 is 0 Å². The number of anilines is 1. The maximum Gasteiger partial charge on any atom is 0.155 e. The minimum atomic E-state index is -1.32. The molecule has 0 aliphatic carbocycles. The molecule has 0 atom stereocenters. The van der Waals surface area contributed by atoms with E-state index in [2.05, 4.69) is 48.5 Å². The van der Waals surface area contributed by atoms with Gasteiger partial charge in [-0.05, 0) is 31.1 Å². The molecular weight excluding hydrogens is 214 g/mol. The van der Waals surface area contributed by atoms with Gasteiger partial charge in [-0.25, -0.2) is 0 Å². The Morgan fingerprint density at radius 3 is 2.06 bits per heavy atom. The normalized spacial score (nSPS) is 11.5. The number of hydrogen-bond donors (Lipinski definition) is 0. The third-order valence-electron chi connectivity index (χ3n) is 3.74. The lowest BCUT2D eigenvalue weighted by Crippen LogP contribution is -2.52. The predicted octanol–water partition coefficient (Wildman–Crippen LogP) is 3.31. The van der Waals surface area contributed by atoms with Crippen molar-refractivity contribution in [3.63, 3.8) is 0 Å². The third kappa shape index (κ3) is 2.43. The molecule has 0 N–H and O–H groups in total. The summed E-state index contributed by atoms with van der Waals surface area (Å²) < 4.78 is 2.60. The Bertz CT molecular complexity index is 290. The van der Waals surface area contributed by atoms with E-state index in [0.717, 1.165) is 6.54 Å². The lowest BCUT2D eigenvalue weighted by molar-refractivity contribution is 0.956. The van der Waals surface area contributed by atoms with Gasteiger partial charge in [-0.3, -0.25) is 0 Å². The number of nitrogens with zero attached hydrogens (tertiary/aromatic N) is 3. The fourth-order valence-electron chi connectivity index (χ4n) is 2.56. The van der Waals surface area contributed by atoms with E-state index in [0.29, 0.717) is 0 Å². The first kappa shape index (κ1) is 13.2. The monoisotopic (exact) mass is 237 g/mol. The van der Waals surface area contributed by atoms with Crippen molar-refractivity contribution in [3.05, 3.63) is 18.5 Å². The predicted molar refractivity (Wildman–Crippen MR) is 72.2 cm³/mol. The van der Waals surface area contributed by atoms with Crippen LogP contribution in [0.15, 0.2) is 18.5 Å². The smallest absolute Gasteiger partial charge is 0.155 e. The Morgan fingerprint density at radius 1 is 1.06 bits per heavy atom. The van der Waals surface area contributed by atoms with Crippen LogP contribution in [0.25, 0.3) is 0 Å². The fraction of sp³-hybridized carbons (Fsp3) is 0.667. The summed E-state index contributed by atoms with van der Waals surface area (Å²) in [4.78, 5) is 0. The van der Waals surface area contributed by atoms with Crippen LogP contribution in [-0.4, -0.2) is 25.0 Å². The highest BCUT2D eigenvalue weighted by molar-refractivity contribution is 6.83. The minimum Gasteiger partial charge on any atom is -0.396 e. The van der Waals surface area contributed by atoms with Crippen LogP contribution in [0.3, 0.4) is 0 Å². The van der Waals surface area contributed by atoms with Gasteiger partial charge < -0.3 is 4.57 Å². The minimum absolute atomic E-state index is 1.08. The standard InChI is InChI=1S/C12H23N3Si/c1-5-15(12-9-10-13-14-11-12)16(6-2,7-3)8-4/h9-11H,5-8H2,1-4H3. The van der Waals surface area contributed by atoms with Gasteiger partial charge in [0.1, 0.15) is 0 Å². The molecule has 0 amide bonds. The molecule has 16 heavy (non-hydrogen) atoms. The molecule has 0 spiro atoms. The number of hydrogen-bond acceptors (Lipinski definition) is 3. The van der Waals surface area contributed by atoms with Crippen molar-refractivity contribution < 1.29 is 0 Å². The van der Waals surface area contributed by atoms with E-state index in [1.807, 2.05) is 6.20 Å². The van der Waals surface area contributed by atoms with Crippen LogP contribution in [-0.2, 0) is 0 Å². The summed E-state index contributed by atoms with van der Waals surface area (Å²) in [5.41, 5.74) is 1.25. The summed E-state index contributed by atoms with van der Waals surface area (Å²) in [6.07, 6.45) is 3.68. The quantitative estimate of drug-likeness (QED) is 0.711. The zero-order valence-electron chi connectivity index (χ0n) is 10.9. The SMILES string of the molecule is CCN(c1ccnnc1)[Si](CC)(CC)CC. The van der Waals surface area contributed by atoms with E-state index in [1.165, 1.54) is 23.8 Å². The van der Waals surface area contributed by atoms with Crippen molar-refractivity contribution in [2.24, 2.45) is 0 Å². The molecule has 3 nitrogen and oxygen atoms in total. The second-order valence-electron chi connectivity index (χ2n) is 4.13. The Balaban J connectivity index is 3.05. The van der Waals surface area contributed by atoms with Gasteiger partial charge in [0.15, 0.2) is 8.24 Å². The molecular formula is C12H23N3Si. The Morgan fingerprint density at radius 2 is 1.69 bits per heavy atom. The molecule has 0 aliphatic heterocycles. The largest absolute Gasteiger partial charge is 0.396 e. The molecule has 90 valence electrons. The van der Waals surface area contributed by atoms with E-state index in [1.54, 1.807) is 6.20 Å². The average molecular weight is 237 g/mol.